The zero-order valence-electron chi connectivity index (χ0n) is 26.0. The van der Waals surface area contributed by atoms with Gasteiger partial charge in [0.15, 0.2) is 0 Å². The van der Waals surface area contributed by atoms with E-state index in [4.69, 9.17) is 28.1 Å². The lowest BCUT2D eigenvalue weighted by atomic mass is 9.91. The fourth-order valence-corrected chi connectivity index (χ4v) is 103. The van der Waals surface area contributed by atoms with Crippen LogP contribution in [0.4, 0.5) is 5.82 Å². The first-order chi connectivity index (χ1) is 27.4. The van der Waals surface area contributed by atoms with Crippen LogP contribution in [0, 0.1) is 0 Å². The van der Waals surface area contributed by atoms with Gasteiger partial charge in [-0.15, -0.1) is 0 Å². The van der Waals surface area contributed by atoms with E-state index in [2.05, 4.69) is 36.8 Å². The van der Waals surface area contributed by atoms with E-state index < -0.39 is 0 Å². The van der Waals surface area contributed by atoms with Crippen molar-refractivity contribution < 1.29 is 0 Å². The molecule has 2 heterocycles. The SMILES string of the molecule is CC(C)(C)c1cc2ccnc(N)c2cn1.S=S=S=S=S=S=S=S=S=S=S=S=S=S=S=S=S=S=S=S=S=S=S=S=S=S=S=S=S=S=S=S=S=S=S=S=S=S=S=S=S. The number of nitrogens with zero attached hydrogens (tertiary/aromatic N) is 2. The number of hydrogen-bond donors (Lipinski definition) is 1. The normalized spacial score (nSPS) is 8.84. The van der Waals surface area contributed by atoms with Crippen LogP contribution in [0.15, 0.2) is 24.5 Å². The molecule has 0 aliphatic rings. The lowest BCUT2D eigenvalue weighted by Gasteiger charge is -2.17. The summed E-state index contributed by atoms with van der Waals surface area (Å²) in [7, 11) is 69.2. The number of nitrogens with two attached hydrogens (primary N) is 1. The predicted molar refractivity (Wildman–Crippen MR) is 365 cm³/mol. The molecule has 0 bridgehead atoms. The molecule has 0 aliphatic heterocycles. The highest BCUT2D eigenvalue weighted by Crippen LogP contribution is 2.25. The van der Waals surface area contributed by atoms with Gasteiger partial charge in [-0.25, -0.2) is 4.98 Å². The van der Waals surface area contributed by atoms with Gasteiger partial charge >= 0.3 is 0 Å². The van der Waals surface area contributed by atoms with Crippen LogP contribution in [0.5, 0.6) is 0 Å². The van der Waals surface area contributed by atoms with Gasteiger partial charge in [-0.1, -0.05) is 20.8 Å². The van der Waals surface area contributed by atoms with Gasteiger partial charge in [-0.05, 0) is 17.5 Å². The van der Waals surface area contributed by atoms with Gasteiger partial charge in [0, 0.05) is 398 Å². The lowest BCUT2D eigenvalue weighted by molar-refractivity contribution is 0.570. The smallest absolute Gasteiger partial charge is 0.132 e. The van der Waals surface area contributed by atoms with Crippen molar-refractivity contribution in [2.75, 3.05) is 5.73 Å². The van der Waals surface area contributed by atoms with Crippen molar-refractivity contribution in [3.63, 3.8) is 0 Å². The third kappa shape index (κ3) is 40.4. The summed E-state index contributed by atoms with van der Waals surface area (Å²) in [5, 5.41) is 2.02. The molecule has 324 valence electrons. The second-order valence-corrected chi connectivity index (χ2v) is 76.4. The number of aromatic nitrogens is 2. The molecule has 0 amide bonds. The highest BCUT2D eigenvalue weighted by Gasteiger charge is 2.15. The summed E-state index contributed by atoms with van der Waals surface area (Å²) in [4.78, 5) is 8.46. The maximum Gasteiger partial charge on any atom is 0.132 e. The van der Waals surface area contributed by atoms with Gasteiger partial charge < -0.3 is 5.73 Å². The fourth-order valence-electron chi connectivity index (χ4n) is 1.92. The van der Waals surface area contributed by atoms with Gasteiger partial charge in [0.1, 0.15) is 5.82 Å². The van der Waals surface area contributed by atoms with Crippen LogP contribution >= 0.6 is 0 Å². The topological polar surface area (TPSA) is 51.8 Å². The van der Waals surface area contributed by atoms with E-state index in [0.717, 1.165) is 16.5 Å². The molecule has 2 N–H and O–H groups in total. The van der Waals surface area contributed by atoms with E-state index in [-0.39, 0.29) is 5.41 Å². The van der Waals surface area contributed by atoms with Crippen molar-refractivity contribution in [3.05, 3.63) is 30.2 Å². The Morgan fingerprint density at radius 1 is 0.411 bits per heavy atom. The van der Waals surface area contributed by atoms with Gasteiger partial charge in [-0.3, -0.25) is 4.98 Å². The van der Waals surface area contributed by atoms with Crippen LogP contribution in [0.3, 0.4) is 0 Å². The lowest BCUT2D eigenvalue weighted by Crippen LogP contribution is -2.13. The minimum Gasteiger partial charge on any atom is -0.383 e. The molecule has 0 unspecified atom stereocenters. The van der Waals surface area contributed by atoms with Crippen molar-refractivity contribution in [3.8, 4) is 0 Å². The minimum atomic E-state index is 0.0617. The molecule has 3 nitrogen and oxygen atoms in total. The van der Waals surface area contributed by atoms with Crippen LogP contribution in [0.2, 0.25) is 0 Å². The highest BCUT2D eigenvalue weighted by atomic mass is 33.5. The number of rotatable bonds is 0. The summed E-state index contributed by atoms with van der Waals surface area (Å²) in [6.45, 7) is 6.43. The molecule has 0 saturated carbocycles. The molecule has 0 fully saturated rings. The molecule has 56 heavy (non-hydrogen) atoms. The number of pyridine rings is 2. The Kier molecular flexibility index (Phi) is 52.0. The van der Waals surface area contributed by atoms with Crippen LogP contribution in [0.1, 0.15) is 26.5 Å². The number of anilines is 1. The van der Waals surface area contributed by atoms with Gasteiger partial charge in [0.2, 0.25) is 0 Å². The zero-order chi connectivity index (χ0) is 40.6. The molecule has 2 aromatic rings. The summed E-state index contributed by atoms with van der Waals surface area (Å²) in [5.74, 6) is 0.542. The van der Waals surface area contributed by atoms with E-state index >= 15 is 0 Å². The Labute approximate surface area is 446 Å². The Morgan fingerprint density at radius 2 is 0.661 bits per heavy atom. The van der Waals surface area contributed by atoms with Crippen LogP contribution in [0.25, 0.3) is 10.8 Å². The quantitative estimate of drug-likeness (QED) is 0.440. The average Bonchev–Trinajstić information content (AvgIpc) is 3.19. The van der Waals surface area contributed by atoms with Crippen molar-refractivity contribution >= 4 is 385 Å². The maximum atomic E-state index is 5.76. The van der Waals surface area contributed by atoms with Crippen LogP contribution in [-0.4, -0.2) is 9.97 Å². The minimum absolute atomic E-state index is 0.0617. The van der Waals surface area contributed by atoms with E-state index in [0.29, 0.717) is 5.82 Å². The molecule has 0 aliphatic carbocycles. The van der Waals surface area contributed by atoms with E-state index in [9.17, 15) is 0 Å². The molecule has 0 aromatic carbocycles. The second kappa shape index (κ2) is 47.4. The van der Waals surface area contributed by atoms with Gasteiger partial charge in [0.05, 0.1) is 0 Å². The van der Waals surface area contributed by atoms with Gasteiger partial charge in [0.25, 0.3) is 0 Å². The van der Waals surface area contributed by atoms with E-state index in [1.807, 2.05) is 228 Å². The Hall–Kier alpha value is 7.38. The summed E-state index contributed by atoms with van der Waals surface area (Å²) in [6.07, 6.45) is 3.53. The third-order valence-electron chi connectivity index (χ3n) is 3.50. The van der Waals surface area contributed by atoms with Crippen molar-refractivity contribution in [2.45, 2.75) is 26.2 Å². The molecular weight excluding hydrogens is 1500 g/mol. The third-order valence-corrected chi connectivity index (χ3v) is 87.9. The van der Waals surface area contributed by atoms with Crippen molar-refractivity contribution in [2.24, 2.45) is 0 Å². The van der Waals surface area contributed by atoms with Crippen molar-refractivity contribution in [1.29, 1.82) is 0 Å². The molecule has 0 spiro atoms. The Balaban J connectivity index is 0.000000856. The standard InChI is InChI=1S/C12H15N3.S41/c1-12(2,3)10-6-8-4-5-14-11(13)9(8)7-15-10;1-3-5-7-9-11-13-15-17-19-21-23-25-27-29-31-33-35-37-39-41-40-38-36-34-32-30-28-26-24-22-20-18-16-14-12-10-8-6-4-2/h4-7H,1-3H3,(H2,13,14);. The fraction of sp³-hybridized carbons (Fsp3) is 0.333. The predicted octanol–water partition coefficient (Wildman–Crippen LogP) is 2.41. The van der Waals surface area contributed by atoms with Crippen molar-refractivity contribution in [1.82, 2.24) is 9.97 Å². The monoisotopic (exact) mass is 1510 g/mol. The van der Waals surface area contributed by atoms with Gasteiger partial charge in [-0.2, -0.15) is 0 Å². The summed E-state index contributed by atoms with van der Waals surface area (Å²) < 4.78 is 0. The first kappa shape index (κ1) is 61.4. The van der Waals surface area contributed by atoms with Crippen LogP contribution in [-0.2, 0) is 374 Å². The van der Waals surface area contributed by atoms with E-state index in [1.165, 1.54) is 17.8 Å². The average molecular weight is 1520 g/mol. The number of hydrogen-bond acceptors (Lipinski definition) is 5. The molecule has 2 aromatic heterocycles. The summed E-state index contributed by atoms with van der Waals surface area (Å²) in [5.41, 5.74) is 6.90. The first-order valence-corrected chi connectivity index (χ1v) is 65.0. The Morgan fingerprint density at radius 3 is 0.893 bits per heavy atom. The molecule has 0 radical (unpaired) electrons. The zero-order valence-corrected chi connectivity index (χ0v) is 59.5. The first-order valence-electron chi connectivity index (χ1n) is 11.7. The summed E-state index contributed by atoms with van der Waals surface area (Å²) in [6, 6.07) is 4.04. The second-order valence-electron chi connectivity index (χ2n) is 7.39. The van der Waals surface area contributed by atoms with E-state index in [1.54, 1.807) is 119 Å². The maximum absolute atomic E-state index is 5.76. The molecule has 2 rings (SSSR count). The van der Waals surface area contributed by atoms with Crippen LogP contribution < -0.4 is 5.73 Å². The number of fused-ring (bicyclic) bond motifs is 1. The molecule has 44 heteroatoms. The number of nitrogen functional groups attached to an aromatic ring is 1. The molecule has 0 saturated heterocycles. The summed E-state index contributed by atoms with van der Waals surface area (Å²) >= 11 is 9.61. The molecular formula is C12H15N3S41. The Bertz CT molecular complexity index is 3370. The molecule has 0 atom stereocenters. The largest absolute Gasteiger partial charge is 0.383 e. The highest BCUT2D eigenvalue weighted by molar-refractivity contribution is 8.81.